The van der Waals surface area contributed by atoms with Crippen molar-refractivity contribution < 1.29 is 26.5 Å². The van der Waals surface area contributed by atoms with Crippen LogP contribution in [0.5, 0.6) is 5.75 Å². The third kappa shape index (κ3) is 6.88. The van der Waals surface area contributed by atoms with E-state index in [0.717, 1.165) is 37.3 Å². The van der Waals surface area contributed by atoms with Crippen LogP contribution in [0, 0.1) is 12.7 Å². The minimum atomic E-state index is -4.40. The number of aryl methyl sites for hydroxylation is 2. The lowest BCUT2D eigenvalue weighted by Gasteiger charge is -2.17. The number of anilines is 1. The molecule has 3 heterocycles. The van der Waals surface area contributed by atoms with Crippen LogP contribution in [0.4, 0.5) is 23.5 Å². The van der Waals surface area contributed by atoms with Crippen molar-refractivity contribution in [1.29, 1.82) is 0 Å². The number of nitrogens with one attached hydrogen (secondary N) is 1. The highest BCUT2D eigenvalue weighted by molar-refractivity contribution is 7.86. The maximum Gasteiger partial charge on any atom is 0.416 e. The fourth-order valence-electron chi connectivity index (χ4n) is 3.49. The van der Waals surface area contributed by atoms with Crippen molar-refractivity contribution in [2.24, 2.45) is 0 Å². The highest BCUT2D eigenvalue weighted by Crippen LogP contribution is 2.32. The minimum Gasteiger partial charge on any atom is -0.493 e. The van der Waals surface area contributed by atoms with E-state index in [0.29, 0.717) is 22.1 Å². The van der Waals surface area contributed by atoms with Crippen LogP contribution in [0.3, 0.4) is 0 Å². The predicted octanol–water partition coefficient (Wildman–Crippen LogP) is 6.15. The second-order valence-corrected chi connectivity index (χ2v) is 9.22. The van der Waals surface area contributed by atoms with E-state index in [2.05, 4.69) is 19.7 Å². The van der Waals surface area contributed by atoms with Gasteiger partial charge in [0.2, 0.25) is 5.95 Å². The molecule has 192 valence electrons. The Kier molecular flexibility index (Phi) is 8.12. The van der Waals surface area contributed by atoms with Crippen LogP contribution >= 0.6 is 0 Å². The fourth-order valence-corrected chi connectivity index (χ4v) is 4.28. The lowest BCUT2D eigenvalue weighted by atomic mass is 10.1. The van der Waals surface area contributed by atoms with Crippen LogP contribution in [0.1, 0.15) is 23.2 Å². The van der Waals surface area contributed by atoms with Gasteiger partial charge in [0.05, 0.1) is 28.5 Å². The second kappa shape index (κ2) is 11.5. The lowest BCUT2D eigenvalue weighted by Crippen LogP contribution is -2.11. The predicted molar refractivity (Wildman–Crippen MR) is 132 cm³/mol. The molecule has 1 unspecified atom stereocenters. The molecule has 0 saturated heterocycles. The minimum absolute atomic E-state index is 0.157. The van der Waals surface area contributed by atoms with Gasteiger partial charge in [0.15, 0.2) is 11.0 Å². The van der Waals surface area contributed by atoms with Gasteiger partial charge < -0.3 is 4.74 Å². The van der Waals surface area contributed by atoms with E-state index in [-0.39, 0.29) is 5.69 Å². The maximum absolute atomic E-state index is 13.0. The van der Waals surface area contributed by atoms with E-state index in [1.807, 2.05) is 18.2 Å². The summed E-state index contributed by atoms with van der Waals surface area (Å²) in [6.45, 7) is 2.19. The molecule has 0 saturated carbocycles. The van der Waals surface area contributed by atoms with Gasteiger partial charge in [-0.05, 0) is 67.8 Å². The summed E-state index contributed by atoms with van der Waals surface area (Å²) >= 11 is 0. The monoisotopic (exact) mass is 530 g/mol. The second-order valence-electron chi connectivity index (χ2n) is 8.01. The van der Waals surface area contributed by atoms with Crippen molar-refractivity contribution in [1.82, 2.24) is 15.0 Å². The molecule has 1 aliphatic heterocycles. The van der Waals surface area contributed by atoms with E-state index in [1.54, 1.807) is 18.5 Å². The summed E-state index contributed by atoms with van der Waals surface area (Å²) < 4.78 is 71.2. The lowest BCUT2D eigenvalue weighted by molar-refractivity contribution is -0.137. The zero-order valence-electron chi connectivity index (χ0n) is 19.6. The van der Waals surface area contributed by atoms with E-state index >= 15 is 0 Å². The van der Waals surface area contributed by atoms with E-state index < -0.39 is 28.5 Å². The Hall–Kier alpha value is -3.86. The van der Waals surface area contributed by atoms with Crippen molar-refractivity contribution in [3.05, 3.63) is 95.7 Å². The van der Waals surface area contributed by atoms with Gasteiger partial charge in [0, 0.05) is 18.0 Å². The Morgan fingerprint density at radius 1 is 1.00 bits per heavy atom. The van der Waals surface area contributed by atoms with Gasteiger partial charge in [-0.25, -0.2) is 18.6 Å². The number of halogens is 4. The Morgan fingerprint density at radius 2 is 1.78 bits per heavy atom. The molecule has 4 aromatic rings. The molecule has 5 rings (SSSR count). The quantitative estimate of drug-likeness (QED) is 0.320. The highest BCUT2D eigenvalue weighted by atomic mass is 32.2. The van der Waals surface area contributed by atoms with Crippen LogP contribution in [-0.2, 0) is 23.6 Å². The molecule has 37 heavy (non-hydrogen) atoms. The number of rotatable bonds is 4. The summed E-state index contributed by atoms with van der Waals surface area (Å²) in [5.41, 5.74) is 1.21. The van der Waals surface area contributed by atoms with E-state index in [1.165, 1.54) is 36.8 Å². The molecule has 0 aliphatic carbocycles. The highest BCUT2D eigenvalue weighted by Gasteiger charge is 2.30. The van der Waals surface area contributed by atoms with Gasteiger partial charge in [0.25, 0.3) is 0 Å². The summed E-state index contributed by atoms with van der Waals surface area (Å²) in [7, 11) is -1.39. The first-order valence-corrected chi connectivity index (χ1v) is 12.4. The largest absolute Gasteiger partial charge is 0.493 e. The number of benzene rings is 2. The Labute approximate surface area is 213 Å². The molecule has 1 aliphatic rings. The summed E-state index contributed by atoms with van der Waals surface area (Å²) in [4.78, 5) is 12.6. The van der Waals surface area contributed by atoms with E-state index in [9.17, 15) is 21.8 Å². The first-order chi connectivity index (χ1) is 17.7. The average molecular weight is 531 g/mol. The van der Waals surface area contributed by atoms with Gasteiger partial charge >= 0.3 is 6.18 Å². The molecule has 0 spiro atoms. The summed E-state index contributed by atoms with van der Waals surface area (Å²) in [6.07, 6.45) is 0.846. The van der Waals surface area contributed by atoms with Gasteiger partial charge in [0.1, 0.15) is 11.6 Å². The van der Waals surface area contributed by atoms with Crippen LogP contribution in [0.2, 0.25) is 0 Å². The molecule has 1 atom stereocenters. The van der Waals surface area contributed by atoms with Crippen molar-refractivity contribution in [3.8, 4) is 17.0 Å². The number of aromatic nitrogens is 3. The zero-order chi connectivity index (χ0) is 26.4. The van der Waals surface area contributed by atoms with Gasteiger partial charge in [-0.15, -0.1) is 0 Å². The number of hydrogen-bond donors (Lipinski definition) is 1. The Morgan fingerprint density at radius 3 is 2.51 bits per heavy atom. The van der Waals surface area contributed by atoms with Gasteiger partial charge in [-0.2, -0.15) is 13.2 Å². The molecule has 2 aromatic carbocycles. The molecule has 0 bridgehead atoms. The molecule has 11 heteroatoms. The van der Waals surface area contributed by atoms with Crippen molar-refractivity contribution in [2.75, 3.05) is 11.3 Å². The van der Waals surface area contributed by atoms with Crippen molar-refractivity contribution in [2.45, 2.75) is 30.8 Å². The summed E-state index contributed by atoms with van der Waals surface area (Å²) in [5, 5.41) is 0. The van der Waals surface area contributed by atoms with Crippen molar-refractivity contribution in [3.63, 3.8) is 0 Å². The zero-order valence-corrected chi connectivity index (χ0v) is 20.4. The standard InChI is InChI=1S/C13H9F4N.C13H13N3O2S/c1-8-11(14)5-6-12(18-8)9-3-2-4-10(7-9)13(15,16)17;17-19(16-13-14-6-2-7-15-13)11-5-4-10-3-1-8-18-12(10)9-11/h2-7H,1H3;2,4-7,9H,1,3,8H2,(H,14,15,16). The van der Waals surface area contributed by atoms with Crippen LogP contribution in [0.15, 0.2) is 78.0 Å². The van der Waals surface area contributed by atoms with Gasteiger partial charge in [-0.3, -0.25) is 9.71 Å². The fraction of sp³-hybridized carbons (Fsp3) is 0.192. The molecular weight excluding hydrogens is 508 g/mol. The van der Waals surface area contributed by atoms with Gasteiger partial charge in [-0.1, -0.05) is 18.2 Å². The SMILES string of the molecule is Cc1nc(-c2cccc(C(F)(F)F)c2)ccc1F.O=S(Nc1ncccn1)c1ccc2c(c1)OCCC2. The van der Waals surface area contributed by atoms with Crippen LogP contribution < -0.4 is 9.46 Å². The topological polar surface area (TPSA) is 77.0 Å². The number of nitrogens with zero attached hydrogens (tertiary/aromatic N) is 3. The number of ether oxygens (including phenoxy) is 1. The first kappa shape index (κ1) is 26.2. The Balaban J connectivity index is 0.000000173. The molecule has 6 nitrogen and oxygen atoms in total. The smallest absolute Gasteiger partial charge is 0.416 e. The number of hydrogen-bond acceptors (Lipinski definition) is 5. The molecule has 0 fully saturated rings. The summed E-state index contributed by atoms with van der Waals surface area (Å²) in [5.74, 6) is 0.693. The third-order valence-corrected chi connectivity index (χ3v) is 6.41. The Bertz CT molecular complexity index is 1400. The molecular formula is C26H22F4N4O2S. The molecule has 0 radical (unpaired) electrons. The molecule has 0 amide bonds. The molecule has 2 aromatic heterocycles. The first-order valence-electron chi connectivity index (χ1n) is 11.2. The summed E-state index contributed by atoms with van der Waals surface area (Å²) in [6, 6.07) is 14.7. The third-order valence-electron chi connectivity index (χ3n) is 5.36. The molecule has 1 N–H and O–H groups in total. The average Bonchev–Trinajstić information content (AvgIpc) is 2.90. The number of alkyl halides is 3. The van der Waals surface area contributed by atoms with E-state index in [4.69, 9.17) is 4.74 Å². The van der Waals surface area contributed by atoms with Crippen molar-refractivity contribution >= 4 is 16.9 Å². The maximum atomic E-state index is 13.0. The number of fused-ring (bicyclic) bond motifs is 1. The normalized spacial score (nSPS) is 13.4. The van der Waals surface area contributed by atoms with Crippen LogP contribution in [0.25, 0.3) is 11.3 Å². The number of pyridine rings is 1. The van der Waals surface area contributed by atoms with Crippen LogP contribution in [-0.4, -0.2) is 25.8 Å².